The van der Waals surface area contributed by atoms with Crippen molar-refractivity contribution in [1.82, 2.24) is 20.2 Å². The van der Waals surface area contributed by atoms with Crippen LogP contribution in [0.5, 0.6) is 5.88 Å². The van der Waals surface area contributed by atoms with E-state index in [9.17, 15) is 18.9 Å². The van der Waals surface area contributed by atoms with E-state index in [2.05, 4.69) is 25.5 Å². The van der Waals surface area contributed by atoms with Crippen molar-refractivity contribution in [2.45, 2.75) is 19.9 Å². The summed E-state index contributed by atoms with van der Waals surface area (Å²) in [4.78, 5) is 18.7. The Labute approximate surface area is 163 Å². The van der Waals surface area contributed by atoms with Gasteiger partial charge in [-0.25, -0.2) is 13.8 Å². The molecular weight excluding hydrogens is 388 g/mol. The average molecular weight is 405 g/mol. The van der Waals surface area contributed by atoms with Crippen molar-refractivity contribution >= 4 is 17.3 Å². The summed E-state index contributed by atoms with van der Waals surface area (Å²) in [5.41, 5.74) is 4.99. The molecule has 0 aromatic carbocycles. The highest BCUT2D eigenvalue weighted by Crippen LogP contribution is 2.40. The fourth-order valence-corrected chi connectivity index (χ4v) is 2.67. The Balaban J connectivity index is 2.08. The summed E-state index contributed by atoms with van der Waals surface area (Å²) < 4.78 is 33.0. The molecule has 3 aromatic rings. The monoisotopic (exact) mass is 405 g/mol. The van der Waals surface area contributed by atoms with E-state index in [1.165, 1.54) is 18.2 Å². The molecule has 3 heterocycles. The molecule has 12 heteroatoms. The predicted octanol–water partition coefficient (Wildman–Crippen LogP) is 3.21. The predicted molar refractivity (Wildman–Crippen MR) is 100 cm³/mol. The molecule has 29 heavy (non-hydrogen) atoms. The van der Waals surface area contributed by atoms with Crippen LogP contribution in [0.2, 0.25) is 0 Å². The first-order chi connectivity index (χ1) is 13.8. The van der Waals surface area contributed by atoms with Gasteiger partial charge in [-0.1, -0.05) is 0 Å². The van der Waals surface area contributed by atoms with E-state index in [-0.39, 0.29) is 17.4 Å². The Morgan fingerprint density at radius 2 is 2.17 bits per heavy atom. The summed E-state index contributed by atoms with van der Waals surface area (Å²) in [7, 11) is 0. The van der Waals surface area contributed by atoms with Gasteiger partial charge < -0.3 is 15.8 Å². The number of nitrogens with one attached hydrogen (secondary N) is 2. The third kappa shape index (κ3) is 4.05. The molecule has 3 rings (SSSR count). The number of nitrogen functional groups attached to an aromatic ring is 1. The quantitative estimate of drug-likeness (QED) is 0.401. The molecule has 0 bridgehead atoms. The third-order valence-electron chi connectivity index (χ3n) is 3.98. The second-order valence-corrected chi connectivity index (χ2v) is 5.96. The van der Waals surface area contributed by atoms with Crippen LogP contribution in [0.15, 0.2) is 24.4 Å². The second-order valence-electron chi connectivity index (χ2n) is 5.96. The fraction of sp³-hybridized carbons (Fsp3) is 0.235. The van der Waals surface area contributed by atoms with E-state index < -0.39 is 39.7 Å². The number of ether oxygens (including phenoxy) is 1. The number of nitro groups is 1. The van der Waals surface area contributed by atoms with Crippen molar-refractivity contribution in [3.05, 3.63) is 51.8 Å². The van der Waals surface area contributed by atoms with Crippen molar-refractivity contribution in [3.63, 3.8) is 0 Å². The number of nitrogens with zero attached hydrogens (tertiary/aromatic N) is 4. The van der Waals surface area contributed by atoms with E-state index in [0.717, 1.165) is 6.20 Å². The summed E-state index contributed by atoms with van der Waals surface area (Å²) in [6, 6.07) is 3.33. The van der Waals surface area contributed by atoms with Crippen molar-refractivity contribution in [2.75, 3.05) is 17.7 Å². The largest absolute Gasteiger partial charge is 0.477 e. The number of aromatic nitrogens is 4. The molecule has 0 aliphatic carbocycles. The van der Waals surface area contributed by atoms with Crippen LogP contribution in [0, 0.1) is 21.7 Å². The van der Waals surface area contributed by atoms with Crippen molar-refractivity contribution in [2.24, 2.45) is 0 Å². The van der Waals surface area contributed by atoms with Gasteiger partial charge in [0, 0.05) is 6.07 Å². The molecular formula is C17H17F2N7O3. The van der Waals surface area contributed by atoms with Crippen LogP contribution < -0.4 is 15.8 Å². The molecule has 0 aliphatic rings. The third-order valence-corrected chi connectivity index (χ3v) is 3.98. The zero-order valence-electron chi connectivity index (χ0n) is 15.4. The van der Waals surface area contributed by atoms with Crippen LogP contribution in [0.25, 0.3) is 11.3 Å². The standard InChI is InChI=1S/C17H17F2N7O3/c1-3-29-12-6-11(24-25-12)13-14(19)16(20)23-17(15(13)26(27)28)22-8(2)10-5-4-9(18)7-21-10/h4-8H,3H2,1-2H3,(H,24,25)(H3,20,22,23)/t8-/m0/s1. The van der Waals surface area contributed by atoms with Gasteiger partial charge in [-0.15, -0.1) is 5.10 Å². The average Bonchev–Trinajstić information content (AvgIpc) is 3.13. The molecule has 0 saturated heterocycles. The normalized spacial score (nSPS) is 11.9. The Morgan fingerprint density at radius 1 is 1.41 bits per heavy atom. The minimum atomic E-state index is -1.07. The van der Waals surface area contributed by atoms with Gasteiger partial charge in [0.25, 0.3) is 0 Å². The number of anilines is 2. The van der Waals surface area contributed by atoms with Gasteiger partial charge in [0.05, 0.1) is 35.2 Å². The summed E-state index contributed by atoms with van der Waals surface area (Å²) in [6.07, 6.45) is 1.01. The van der Waals surface area contributed by atoms with Gasteiger partial charge in [-0.3, -0.25) is 20.2 Å². The number of rotatable bonds is 7. The molecule has 0 radical (unpaired) electrons. The molecule has 0 unspecified atom stereocenters. The summed E-state index contributed by atoms with van der Waals surface area (Å²) in [5.74, 6) is -2.26. The lowest BCUT2D eigenvalue weighted by Crippen LogP contribution is -2.14. The Morgan fingerprint density at radius 3 is 2.79 bits per heavy atom. The topological polar surface area (TPSA) is 145 Å². The Kier molecular flexibility index (Phi) is 5.52. The van der Waals surface area contributed by atoms with E-state index in [0.29, 0.717) is 12.3 Å². The highest BCUT2D eigenvalue weighted by atomic mass is 19.1. The molecule has 10 nitrogen and oxygen atoms in total. The number of aromatic amines is 1. The van der Waals surface area contributed by atoms with Crippen molar-refractivity contribution < 1.29 is 18.4 Å². The van der Waals surface area contributed by atoms with Crippen molar-refractivity contribution in [3.8, 4) is 17.1 Å². The maximum absolute atomic E-state index is 14.7. The van der Waals surface area contributed by atoms with E-state index in [4.69, 9.17) is 10.5 Å². The van der Waals surface area contributed by atoms with Crippen LogP contribution in [-0.4, -0.2) is 31.7 Å². The van der Waals surface area contributed by atoms with Gasteiger partial charge in [0.1, 0.15) is 11.4 Å². The van der Waals surface area contributed by atoms with Gasteiger partial charge >= 0.3 is 5.69 Å². The molecule has 1 atom stereocenters. The zero-order chi connectivity index (χ0) is 21.1. The van der Waals surface area contributed by atoms with Crippen LogP contribution >= 0.6 is 0 Å². The first-order valence-corrected chi connectivity index (χ1v) is 8.51. The van der Waals surface area contributed by atoms with Crippen LogP contribution in [0.1, 0.15) is 25.6 Å². The van der Waals surface area contributed by atoms with Crippen LogP contribution in [-0.2, 0) is 0 Å². The van der Waals surface area contributed by atoms with Crippen molar-refractivity contribution in [1.29, 1.82) is 0 Å². The summed E-state index contributed by atoms with van der Waals surface area (Å²) >= 11 is 0. The molecule has 0 spiro atoms. The molecule has 0 amide bonds. The molecule has 0 aliphatic heterocycles. The number of halogens is 2. The fourth-order valence-electron chi connectivity index (χ4n) is 2.67. The maximum atomic E-state index is 14.7. The van der Waals surface area contributed by atoms with E-state index in [1.807, 2.05) is 0 Å². The molecule has 152 valence electrons. The van der Waals surface area contributed by atoms with Gasteiger partial charge in [0.2, 0.25) is 11.7 Å². The lowest BCUT2D eigenvalue weighted by molar-refractivity contribution is -0.383. The summed E-state index contributed by atoms with van der Waals surface area (Å²) in [6.45, 7) is 3.67. The minimum Gasteiger partial charge on any atom is -0.477 e. The first kappa shape index (κ1) is 19.9. The maximum Gasteiger partial charge on any atom is 0.323 e. The van der Waals surface area contributed by atoms with Crippen LogP contribution in [0.4, 0.5) is 26.1 Å². The van der Waals surface area contributed by atoms with Crippen LogP contribution in [0.3, 0.4) is 0 Å². The van der Waals surface area contributed by atoms with Gasteiger partial charge in [-0.05, 0) is 26.0 Å². The number of nitrogens with two attached hydrogens (primary N) is 1. The SMILES string of the molecule is CCOc1cc(-c2c(F)c(N)nc(N[C@@H](C)c3ccc(F)cn3)c2[N+](=O)[O-])[nH]n1. The van der Waals surface area contributed by atoms with Gasteiger partial charge in [0.15, 0.2) is 11.6 Å². The smallest absolute Gasteiger partial charge is 0.323 e. The molecule has 0 saturated carbocycles. The van der Waals surface area contributed by atoms with E-state index in [1.54, 1.807) is 13.8 Å². The summed E-state index contributed by atoms with van der Waals surface area (Å²) in [5, 5.41) is 20.9. The number of hydrogen-bond donors (Lipinski definition) is 3. The lowest BCUT2D eigenvalue weighted by Gasteiger charge is -2.16. The van der Waals surface area contributed by atoms with Gasteiger partial charge in [-0.2, -0.15) is 0 Å². The highest BCUT2D eigenvalue weighted by Gasteiger charge is 2.31. The molecule has 0 fully saturated rings. The lowest BCUT2D eigenvalue weighted by atomic mass is 10.1. The highest BCUT2D eigenvalue weighted by molar-refractivity contribution is 5.82. The Bertz CT molecular complexity index is 1040. The molecule has 3 aromatic heterocycles. The Hall–Kier alpha value is -3.83. The second kappa shape index (κ2) is 8.04. The first-order valence-electron chi connectivity index (χ1n) is 8.51. The number of H-pyrrole nitrogens is 1. The van der Waals surface area contributed by atoms with E-state index >= 15 is 0 Å². The zero-order valence-corrected chi connectivity index (χ0v) is 15.4. The minimum absolute atomic E-state index is 0.00219. The molecule has 4 N–H and O–H groups in total. The number of hydrogen-bond acceptors (Lipinski definition) is 8. The number of pyridine rings is 2.